The summed E-state index contributed by atoms with van der Waals surface area (Å²) < 4.78 is 26.3. The first-order valence-corrected chi connectivity index (χ1v) is 5.82. The van der Waals surface area contributed by atoms with Crippen molar-refractivity contribution in [1.82, 2.24) is 9.97 Å². The molecule has 2 aromatic rings. The van der Waals surface area contributed by atoms with E-state index in [-0.39, 0.29) is 11.6 Å². The van der Waals surface area contributed by atoms with Crippen LogP contribution in [0.25, 0.3) is 0 Å². The van der Waals surface area contributed by atoms with Crippen LogP contribution in [0.1, 0.15) is 25.6 Å². The summed E-state index contributed by atoms with van der Waals surface area (Å²) in [4.78, 5) is 8.31. The third-order valence-corrected chi connectivity index (χ3v) is 2.47. The van der Waals surface area contributed by atoms with Gasteiger partial charge < -0.3 is 11.1 Å². The van der Waals surface area contributed by atoms with Crippen LogP contribution in [0.15, 0.2) is 24.3 Å². The maximum atomic E-state index is 13.5. The molecule has 1 heterocycles. The van der Waals surface area contributed by atoms with Crippen LogP contribution in [0.5, 0.6) is 0 Å². The zero-order chi connectivity index (χ0) is 14.0. The Kier molecular flexibility index (Phi) is 3.59. The molecule has 0 aliphatic rings. The minimum absolute atomic E-state index is 0.0992. The number of anilines is 3. The summed E-state index contributed by atoms with van der Waals surface area (Å²) in [5, 5.41) is 2.76. The summed E-state index contributed by atoms with van der Waals surface area (Å²) >= 11 is 0. The number of nitrogens with two attached hydrogens (primary N) is 1. The number of benzene rings is 1. The molecule has 19 heavy (non-hydrogen) atoms. The van der Waals surface area contributed by atoms with Gasteiger partial charge in [0.25, 0.3) is 0 Å². The summed E-state index contributed by atoms with van der Waals surface area (Å²) in [6, 6.07) is 4.77. The molecule has 0 unspecified atom stereocenters. The Labute approximate surface area is 109 Å². The molecule has 4 nitrogen and oxygen atoms in total. The lowest BCUT2D eigenvalue weighted by molar-refractivity contribution is 0.586. The molecule has 0 saturated carbocycles. The van der Waals surface area contributed by atoms with Crippen LogP contribution in [0.3, 0.4) is 0 Å². The van der Waals surface area contributed by atoms with Gasteiger partial charge in [-0.3, -0.25) is 0 Å². The van der Waals surface area contributed by atoms with E-state index < -0.39 is 11.6 Å². The molecule has 0 fully saturated rings. The van der Waals surface area contributed by atoms with Crippen LogP contribution in [-0.2, 0) is 0 Å². The van der Waals surface area contributed by atoms with Crippen molar-refractivity contribution in [2.24, 2.45) is 0 Å². The molecule has 0 aliphatic heterocycles. The van der Waals surface area contributed by atoms with Gasteiger partial charge in [-0.25, -0.2) is 18.7 Å². The number of nitrogen functional groups attached to an aromatic ring is 1. The number of hydrogen-bond donors (Lipinski definition) is 2. The highest BCUT2D eigenvalue weighted by Gasteiger charge is 2.09. The molecule has 100 valence electrons. The van der Waals surface area contributed by atoms with Crippen molar-refractivity contribution in [2.75, 3.05) is 11.1 Å². The summed E-state index contributed by atoms with van der Waals surface area (Å²) in [7, 11) is 0. The molecule has 1 aromatic heterocycles. The zero-order valence-electron chi connectivity index (χ0n) is 10.6. The fourth-order valence-corrected chi connectivity index (χ4v) is 1.54. The van der Waals surface area contributed by atoms with E-state index in [0.717, 1.165) is 6.07 Å². The van der Waals surface area contributed by atoms with Gasteiger partial charge in [0, 0.05) is 18.1 Å². The number of rotatable bonds is 3. The second kappa shape index (κ2) is 5.17. The smallest absolute Gasteiger partial charge is 0.149 e. The number of halogens is 2. The highest BCUT2D eigenvalue weighted by molar-refractivity contribution is 5.59. The Morgan fingerprint density at radius 2 is 1.89 bits per heavy atom. The van der Waals surface area contributed by atoms with Gasteiger partial charge in [0.05, 0.1) is 5.69 Å². The number of nitrogens with zero attached hydrogens (tertiary/aromatic N) is 2. The van der Waals surface area contributed by atoms with Crippen LogP contribution in [0.4, 0.5) is 26.1 Å². The minimum atomic E-state index is -0.691. The Balaban J connectivity index is 2.32. The predicted octanol–water partition coefficient (Wildman–Crippen LogP) is 3.20. The van der Waals surface area contributed by atoms with Gasteiger partial charge >= 0.3 is 0 Å². The topological polar surface area (TPSA) is 63.8 Å². The van der Waals surface area contributed by atoms with Crippen molar-refractivity contribution in [2.45, 2.75) is 19.8 Å². The lowest BCUT2D eigenvalue weighted by atomic mass is 10.2. The van der Waals surface area contributed by atoms with E-state index >= 15 is 0 Å². The summed E-state index contributed by atoms with van der Waals surface area (Å²) in [5.74, 6) is 0.00830. The third kappa shape index (κ3) is 3.15. The second-order valence-electron chi connectivity index (χ2n) is 4.44. The number of aromatic nitrogens is 2. The van der Waals surface area contributed by atoms with E-state index in [4.69, 9.17) is 5.73 Å². The maximum absolute atomic E-state index is 13.5. The number of nitrogens with one attached hydrogen (secondary N) is 1. The van der Waals surface area contributed by atoms with Crippen molar-refractivity contribution < 1.29 is 8.78 Å². The molecule has 0 bridgehead atoms. The van der Waals surface area contributed by atoms with E-state index in [0.29, 0.717) is 17.5 Å². The molecule has 0 atom stereocenters. The van der Waals surface area contributed by atoms with E-state index in [2.05, 4.69) is 15.3 Å². The van der Waals surface area contributed by atoms with Crippen molar-refractivity contribution in [3.63, 3.8) is 0 Å². The monoisotopic (exact) mass is 264 g/mol. The second-order valence-corrected chi connectivity index (χ2v) is 4.44. The molecule has 1 aromatic carbocycles. The molecule has 6 heteroatoms. The fourth-order valence-electron chi connectivity index (χ4n) is 1.54. The molecular formula is C13H14F2N4. The molecule has 0 aliphatic carbocycles. The highest BCUT2D eigenvalue weighted by Crippen LogP contribution is 2.21. The molecular weight excluding hydrogens is 250 g/mol. The van der Waals surface area contributed by atoms with Gasteiger partial charge in [-0.2, -0.15) is 0 Å². The van der Waals surface area contributed by atoms with Crippen LogP contribution >= 0.6 is 0 Å². The zero-order valence-corrected chi connectivity index (χ0v) is 10.6. The molecule has 0 amide bonds. The molecule has 2 rings (SSSR count). The standard InChI is InChI=1S/C13H14F2N4/c1-7(2)13-18-11(16)6-12(19-13)17-10-4-3-8(14)5-9(10)15/h3-7H,1-2H3,(H3,16,17,18,19). The van der Waals surface area contributed by atoms with Crippen LogP contribution in [0.2, 0.25) is 0 Å². The van der Waals surface area contributed by atoms with Gasteiger partial charge in [0.2, 0.25) is 0 Å². The van der Waals surface area contributed by atoms with Crippen LogP contribution < -0.4 is 11.1 Å². The van der Waals surface area contributed by atoms with Gasteiger partial charge in [-0.05, 0) is 12.1 Å². The average molecular weight is 264 g/mol. The number of hydrogen-bond acceptors (Lipinski definition) is 4. The average Bonchev–Trinajstić information content (AvgIpc) is 2.32. The first kappa shape index (κ1) is 13.2. The normalized spacial score (nSPS) is 10.8. The van der Waals surface area contributed by atoms with E-state index in [9.17, 15) is 8.78 Å². The van der Waals surface area contributed by atoms with Crippen molar-refractivity contribution >= 4 is 17.3 Å². The van der Waals surface area contributed by atoms with Gasteiger partial charge in [0.15, 0.2) is 0 Å². The van der Waals surface area contributed by atoms with Crippen molar-refractivity contribution in [3.8, 4) is 0 Å². The first-order chi connectivity index (χ1) is 8.95. The quantitative estimate of drug-likeness (QED) is 0.893. The SMILES string of the molecule is CC(C)c1nc(N)cc(Nc2ccc(F)cc2F)n1. The Bertz CT molecular complexity index is 599. The fraction of sp³-hybridized carbons (Fsp3) is 0.231. The largest absolute Gasteiger partial charge is 0.384 e. The first-order valence-electron chi connectivity index (χ1n) is 5.82. The molecule has 3 N–H and O–H groups in total. The molecule has 0 spiro atoms. The maximum Gasteiger partial charge on any atom is 0.149 e. The Morgan fingerprint density at radius 1 is 1.16 bits per heavy atom. The Hall–Kier alpha value is -2.24. The van der Waals surface area contributed by atoms with E-state index in [1.54, 1.807) is 0 Å². The van der Waals surface area contributed by atoms with Crippen LogP contribution in [-0.4, -0.2) is 9.97 Å². The highest BCUT2D eigenvalue weighted by atomic mass is 19.1. The minimum Gasteiger partial charge on any atom is -0.384 e. The summed E-state index contributed by atoms with van der Waals surface area (Å²) in [6.45, 7) is 3.86. The van der Waals surface area contributed by atoms with Gasteiger partial charge in [0.1, 0.15) is 29.1 Å². The Morgan fingerprint density at radius 3 is 2.53 bits per heavy atom. The van der Waals surface area contributed by atoms with E-state index in [1.807, 2.05) is 13.8 Å². The van der Waals surface area contributed by atoms with Crippen LogP contribution in [0, 0.1) is 11.6 Å². The van der Waals surface area contributed by atoms with Gasteiger partial charge in [-0.1, -0.05) is 13.8 Å². The summed E-state index contributed by atoms with van der Waals surface area (Å²) in [6.07, 6.45) is 0. The lowest BCUT2D eigenvalue weighted by Gasteiger charge is -2.10. The predicted molar refractivity (Wildman–Crippen MR) is 70.2 cm³/mol. The third-order valence-electron chi connectivity index (χ3n) is 2.47. The molecule has 0 radical (unpaired) electrons. The summed E-state index contributed by atoms with van der Waals surface area (Å²) in [5.41, 5.74) is 5.80. The van der Waals surface area contributed by atoms with E-state index in [1.165, 1.54) is 18.2 Å². The van der Waals surface area contributed by atoms with Gasteiger partial charge in [-0.15, -0.1) is 0 Å². The lowest BCUT2D eigenvalue weighted by Crippen LogP contribution is -2.05. The van der Waals surface area contributed by atoms with Crippen molar-refractivity contribution in [1.29, 1.82) is 0 Å². The molecule has 0 saturated heterocycles. The van der Waals surface area contributed by atoms with Crippen molar-refractivity contribution in [3.05, 3.63) is 41.7 Å².